The van der Waals surface area contributed by atoms with E-state index >= 15 is 0 Å². The minimum atomic E-state index is -0.133. The lowest BCUT2D eigenvalue weighted by Crippen LogP contribution is -2.47. The predicted octanol–water partition coefficient (Wildman–Crippen LogP) is 2.32. The van der Waals surface area contributed by atoms with Crippen LogP contribution in [-0.4, -0.2) is 11.6 Å². The molecule has 1 spiro atoms. The first-order valence-corrected chi connectivity index (χ1v) is 5.10. The maximum Gasteiger partial charge on any atom is 0.338 e. The van der Waals surface area contributed by atoms with Gasteiger partial charge in [-0.05, 0) is 30.9 Å². The van der Waals surface area contributed by atoms with E-state index in [-0.39, 0.29) is 11.6 Å². The maximum atomic E-state index is 11.7. The molecule has 1 aliphatic heterocycles. The number of hydrogen-bond donors (Lipinski definition) is 0. The number of ether oxygens (including phenoxy) is 1. The lowest BCUT2D eigenvalue weighted by molar-refractivity contribution is -0.0676. The largest absolute Gasteiger partial charge is 0.455 e. The lowest BCUT2D eigenvalue weighted by Gasteiger charge is -2.44. The number of hydrogen-bond acceptors (Lipinski definition) is 2. The van der Waals surface area contributed by atoms with Crippen LogP contribution in [0.2, 0.25) is 0 Å². The smallest absolute Gasteiger partial charge is 0.338 e. The molecule has 72 valence electrons. The molecule has 0 unspecified atom stereocenters. The van der Waals surface area contributed by atoms with E-state index in [0.29, 0.717) is 0 Å². The van der Waals surface area contributed by atoms with Crippen molar-refractivity contribution in [2.24, 2.45) is 0 Å². The quantitative estimate of drug-likeness (QED) is 0.584. The molecule has 1 aliphatic carbocycles. The predicted molar refractivity (Wildman–Crippen MR) is 52.1 cm³/mol. The third kappa shape index (κ3) is 0.999. The van der Waals surface area contributed by atoms with Gasteiger partial charge in [-0.25, -0.2) is 4.79 Å². The van der Waals surface area contributed by atoms with Gasteiger partial charge in [0.25, 0.3) is 0 Å². The molecule has 1 aromatic rings. The minimum absolute atomic E-state index is 0.133. The number of benzene rings is 1. The summed E-state index contributed by atoms with van der Waals surface area (Å²) in [7, 11) is 0. The van der Waals surface area contributed by atoms with Crippen LogP contribution in [0, 0.1) is 0 Å². The fourth-order valence-electron chi connectivity index (χ4n) is 2.36. The van der Waals surface area contributed by atoms with E-state index in [1.807, 2.05) is 24.3 Å². The monoisotopic (exact) mass is 188 g/mol. The zero-order chi connectivity index (χ0) is 9.60. The Balaban J connectivity index is 2.04. The summed E-state index contributed by atoms with van der Waals surface area (Å²) in [5.74, 6) is -0.133. The number of fused-ring (bicyclic) bond motifs is 1. The molecular weight excluding hydrogens is 176 g/mol. The molecule has 1 heterocycles. The highest BCUT2D eigenvalue weighted by Crippen LogP contribution is 2.42. The molecule has 1 aromatic carbocycles. The average molecular weight is 188 g/mol. The standard InChI is InChI=1S/C12H12O2/c13-11-10-5-2-1-4-9(10)8-12(14-11)6-3-7-12/h1-2,4-5H,3,6-8H2. The molecule has 2 aliphatic rings. The van der Waals surface area contributed by atoms with E-state index in [9.17, 15) is 4.79 Å². The average Bonchev–Trinajstić information content (AvgIpc) is 2.15. The number of esters is 1. The Labute approximate surface area is 82.9 Å². The van der Waals surface area contributed by atoms with Gasteiger partial charge in [0.15, 0.2) is 0 Å². The Morgan fingerprint density at radius 2 is 2.00 bits per heavy atom. The van der Waals surface area contributed by atoms with Crippen LogP contribution in [-0.2, 0) is 11.2 Å². The van der Waals surface area contributed by atoms with Gasteiger partial charge in [-0.1, -0.05) is 18.2 Å². The molecule has 14 heavy (non-hydrogen) atoms. The Hall–Kier alpha value is -1.31. The molecule has 0 atom stereocenters. The topological polar surface area (TPSA) is 26.3 Å². The second-order valence-electron chi connectivity index (χ2n) is 4.26. The zero-order valence-electron chi connectivity index (χ0n) is 7.95. The van der Waals surface area contributed by atoms with Crippen LogP contribution in [0.1, 0.15) is 35.2 Å². The van der Waals surface area contributed by atoms with Crippen LogP contribution >= 0.6 is 0 Å². The second-order valence-corrected chi connectivity index (χ2v) is 4.26. The highest BCUT2D eigenvalue weighted by atomic mass is 16.6. The summed E-state index contributed by atoms with van der Waals surface area (Å²) in [4.78, 5) is 11.7. The lowest BCUT2D eigenvalue weighted by atomic mass is 9.73. The van der Waals surface area contributed by atoms with Gasteiger partial charge in [0.2, 0.25) is 0 Å². The Morgan fingerprint density at radius 1 is 1.21 bits per heavy atom. The van der Waals surface area contributed by atoms with Crippen molar-refractivity contribution in [3.05, 3.63) is 35.4 Å². The summed E-state index contributed by atoms with van der Waals surface area (Å²) >= 11 is 0. The molecule has 1 saturated carbocycles. The second kappa shape index (κ2) is 2.59. The summed E-state index contributed by atoms with van der Waals surface area (Å²) in [6.45, 7) is 0. The van der Waals surface area contributed by atoms with Crippen LogP contribution < -0.4 is 0 Å². The SMILES string of the molecule is O=C1OC2(CCC2)Cc2ccccc21. The van der Waals surface area contributed by atoms with Crippen molar-refractivity contribution >= 4 is 5.97 Å². The first-order valence-electron chi connectivity index (χ1n) is 5.10. The summed E-state index contributed by atoms with van der Waals surface area (Å²) < 4.78 is 5.50. The van der Waals surface area contributed by atoms with Crippen LogP contribution in [0.15, 0.2) is 24.3 Å². The molecule has 0 aromatic heterocycles. The minimum Gasteiger partial charge on any atom is -0.455 e. The van der Waals surface area contributed by atoms with Crippen molar-refractivity contribution in [1.82, 2.24) is 0 Å². The van der Waals surface area contributed by atoms with Crippen LogP contribution in [0.3, 0.4) is 0 Å². The van der Waals surface area contributed by atoms with Crippen molar-refractivity contribution in [2.75, 3.05) is 0 Å². The summed E-state index contributed by atoms with van der Waals surface area (Å²) in [6.07, 6.45) is 4.17. The fourth-order valence-corrected chi connectivity index (χ4v) is 2.36. The van der Waals surface area contributed by atoms with Crippen molar-refractivity contribution in [2.45, 2.75) is 31.3 Å². The van der Waals surface area contributed by atoms with Gasteiger partial charge in [0.05, 0.1) is 5.56 Å². The third-order valence-corrected chi connectivity index (χ3v) is 3.32. The molecule has 0 saturated heterocycles. The third-order valence-electron chi connectivity index (χ3n) is 3.32. The van der Waals surface area contributed by atoms with E-state index < -0.39 is 0 Å². The molecule has 0 bridgehead atoms. The molecule has 0 amide bonds. The van der Waals surface area contributed by atoms with Gasteiger partial charge in [0.1, 0.15) is 5.60 Å². The van der Waals surface area contributed by atoms with Crippen molar-refractivity contribution < 1.29 is 9.53 Å². The molecule has 0 N–H and O–H groups in total. The zero-order valence-corrected chi connectivity index (χ0v) is 7.95. The highest BCUT2D eigenvalue weighted by molar-refractivity contribution is 5.92. The van der Waals surface area contributed by atoms with Crippen LogP contribution in [0.4, 0.5) is 0 Å². The summed E-state index contributed by atoms with van der Waals surface area (Å²) in [5, 5.41) is 0. The van der Waals surface area contributed by atoms with Gasteiger partial charge in [-0.15, -0.1) is 0 Å². The molecule has 2 heteroatoms. The Bertz CT molecular complexity index is 391. The Morgan fingerprint density at radius 3 is 2.71 bits per heavy atom. The number of carbonyl (C=O) groups excluding carboxylic acids is 1. The first kappa shape index (κ1) is 8.04. The van der Waals surface area contributed by atoms with Gasteiger partial charge < -0.3 is 4.74 Å². The van der Waals surface area contributed by atoms with E-state index in [1.54, 1.807) is 0 Å². The molecule has 1 fully saturated rings. The maximum absolute atomic E-state index is 11.7. The van der Waals surface area contributed by atoms with E-state index in [1.165, 1.54) is 6.42 Å². The van der Waals surface area contributed by atoms with Crippen LogP contribution in [0.5, 0.6) is 0 Å². The highest BCUT2D eigenvalue weighted by Gasteiger charge is 2.44. The molecule has 0 radical (unpaired) electrons. The normalized spacial score (nSPS) is 22.4. The van der Waals surface area contributed by atoms with E-state index in [4.69, 9.17) is 4.74 Å². The molecule has 3 rings (SSSR count). The van der Waals surface area contributed by atoms with Gasteiger partial charge in [-0.3, -0.25) is 0 Å². The number of carbonyl (C=O) groups is 1. The van der Waals surface area contributed by atoms with Gasteiger partial charge in [-0.2, -0.15) is 0 Å². The van der Waals surface area contributed by atoms with E-state index in [2.05, 4.69) is 0 Å². The van der Waals surface area contributed by atoms with Gasteiger partial charge >= 0.3 is 5.97 Å². The number of rotatable bonds is 0. The van der Waals surface area contributed by atoms with Crippen LogP contribution in [0.25, 0.3) is 0 Å². The summed E-state index contributed by atoms with van der Waals surface area (Å²) in [6, 6.07) is 7.77. The molecule has 2 nitrogen and oxygen atoms in total. The first-order chi connectivity index (χ1) is 6.79. The van der Waals surface area contributed by atoms with Crippen molar-refractivity contribution in [3.8, 4) is 0 Å². The summed E-state index contributed by atoms with van der Waals surface area (Å²) in [5.41, 5.74) is 1.78. The van der Waals surface area contributed by atoms with Crippen molar-refractivity contribution in [3.63, 3.8) is 0 Å². The fraction of sp³-hybridized carbons (Fsp3) is 0.417. The van der Waals surface area contributed by atoms with E-state index in [0.717, 1.165) is 30.4 Å². The van der Waals surface area contributed by atoms with Crippen molar-refractivity contribution in [1.29, 1.82) is 0 Å². The van der Waals surface area contributed by atoms with Gasteiger partial charge in [0, 0.05) is 6.42 Å². The molecular formula is C12H12O2. The Kier molecular flexibility index (Phi) is 1.49.